The zero-order chi connectivity index (χ0) is 19.0. The molecule has 27 heavy (non-hydrogen) atoms. The molecular formula is C23H24N2O2. The summed E-state index contributed by atoms with van der Waals surface area (Å²) in [7, 11) is 0. The number of carbonyl (C=O) groups is 1. The molecule has 1 aromatic heterocycles. The lowest BCUT2D eigenvalue weighted by Gasteiger charge is -2.11. The molecule has 0 bridgehead atoms. The molecule has 0 atom stereocenters. The van der Waals surface area contributed by atoms with Crippen LogP contribution in [0.4, 0.5) is 0 Å². The molecule has 3 aromatic rings. The van der Waals surface area contributed by atoms with Crippen LogP contribution in [0.25, 0.3) is 10.9 Å². The van der Waals surface area contributed by atoms with Crippen LogP contribution in [0, 0.1) is 6.92 Å². The first-order chi connectivity index (χ1) is 13.0. The molecule has 0 aliphatic carbocycles. The number of nitrogens with zero attached hydrogens (tertiary/aromatic N) is 2. The maximum atomic E-state index is 11.5. The fourth-order valence-corrected chi connectivity index (χ4v) is 3.66. The van der Waals surface area contributed by atoms with E-state index in [1.54, 1.807) is 0 Å². The summed E-state index contributed by atoms with van der Waals surface area (Å²) in [6, 6.07) is 16.5. The second kappa shape index (κ2) is 6.69. The fraction of sp³-hybridized carbons (Fsp3) is 0.304. The molecule has 0 spiro atoms. The van der Waals surface area contributed by atoms with E-state index in [-0.39, 0.29) is 5.54 Å². The van der Waals surface area contributed by atoms with E-state index in [4.69, 9.17) is 4.74 Å². The third-order valence-electron chi connectivity index (χ3n) is 5.07. The minimum Gasteiger partial charge on any atom is -0.475 e. The zero-order valence-electron chi connectivity index (χ0n) is 16.0. The van der Waals surface area contributed by atoms with Crippen LogP contribution >= 0.6 is 0 Å². The molecular weight excluding hydrogens is 336 g/mol. The molecule has 0 amide bonds. The van der Waals surface area contributed by atoms with Crippen LogP contribution in [0.3, 0.4) is 0 Å². The molecule has 1 aliphatic heterocycles. The second-order valence-electron chi connectivity index (χ2n) is 7.81. The Kier molecular flexibility index (Phi) is 4.34. The van der Waals surface area contributed by atoms with Crippen molar-refractivity contribution in [2.75, 3.05) is 6.61 Å². The summed E-state index contributed by atoms with van der Waals surface area (Å²) in [6.07, 6.45) is 1.80. The number of para-hydroxylation sites is 1. The number of hydrogen-bond acceptors (Lipinski definition) is 3. The van der Waals surface area contributed by atoms with Crippen molar-refractivity contribution in [2.45, 2.75) is 39.3 Å². The molecule has 2 aromatic carbocycles. The average molecular weight is 360 g/mol. The third-order valence-corrected chi connectivity index (χ3v) is 5.07. The Morgan fingerprint density at radius 3 is 2.70 bits per heavy atom. The van der Waals surface area contributed by atoms with Gasteiger partial charge in [0.05, 0.1) is 11.2 Å². The van der Waals surface area contributed by atoms with Crippen molar-refractivity contribution in [1.82, 2.24) is 4.57 Å². The van der Waals surface area contributed by atoms with Crippen LogP contribution in [-0.4, -0.2) is 28.9 Å². The molecule has 1 aliphatic rings. The van der Waals surface area contributed by atoms with Gasteiger partial charge in [0.25, 0.3) is 0 Å². The summed E-state index contributed by atoms with van der Waals surface area (Å²) >= 11 is 0. The number of rotatable bonds is 5. The fourth-order valence-electron chi connectivity index (χ4n) is 3.66. The lowest BCUT2D eigenvalue weighted by molar-refractivity contribution is 0.111. The molecule has 4 heteroatoms. The van der Waals surface area contributed by atoms with Crippen molar-refractivity contribution in [3.05, 3.63) is 70.9 Å². The van der Waals surface area contributed by atoms with Crippen LogP contribution in [0.5, 0.6) is 0 Å². The summed E-state index contributed by atoms with van der Waals surface area (Å²) in [5.41, 5.74) is 5.13. The SMILES string of the molecule is Cc1cc(CCn2c(C=O)cc3ccccc32)ccc1C1=NC(C)(C)CO1. The zero-order valence-corrected chi connectivity index (χ0v) is 16.0. The van der Waals surface area contributed by atoms with Gasteiger partial charge in [0.2, 0.25) is 5.90 Å². The maximum Gasteiger partial charge on any atom is 0.217 e. The normalized spacial score (nSPS) is 15.6. The Balaban J connectivity index is 1.56. The number of carbonyl (C=O) groups excluding carboxylic acids is 1. The van der Waals surface area contributed by atoms with Gasteiger partial charge in [0.1, 0.15) is 6.61 Å². The number of benzene rings is 2. The Morgan fingerprint density at radius 2 is 2.00 bits per heavy atom. The second-order valence-corrected chi connectivity index (χ2v) is 7.81. The van der Waals surface area contributed by atoms with Crippen molar-refractivity contribution in [2.24, 2.45) is 4.99 Å². The molecule has 0 saturated heterocycles. The van der Waals surface area contributed by atoms with Gasteiger partial charge in [-0.05, 0) is 56.5 Å². The minimum atomic E-state index is -0.152. The predicted octanol–water partition coefficient (Wildman–Crippen LogP) is 4.56. The number of aryl methyl sites for hydroxylation is 3. The van der Waals surface area contributed by atoms with Gasteiger partial charge in [-0.2, -0.15) is 0 Å². The lowest BCUT2D eigenvalue weighted by Crippen LogP contribution is -2.17. The molecule has 0 fully saturated rings. The largest absolute Gasteiger partial charge is 0.475 e. The Bertz CT molecular complexity index is 1040. The average Bonchev–Trinajstić information content (AvgIpc) is 3.19. The number of hydrogen-bond donors (Lipinski definition) is 0. The predicted molar refractivity (Wildman–Crippen MR) is 109 cm³/mol. The van der Waals surface area contributed by atoms with E-state index in [1.807, 2.05) is 24.3 Å². The number of fused-ring (bicyclic) bond motifs is 1. The summed E-state index contributed by atoms with van der Waals surface area (Å²) in [6.45, 7) is 7.65. The summed E-state index contributed by atoms with van der Waals surface area (Å²) in [5, 5.41) is 1.10. The van der Waals surface area contributed by atoms with Crippen molar-refractivity contribution >= 4 is 23.1 Å². The number of aldehydes is 1. The van der Waals surface area contributed by atoms with Crippen LogP contribution < -0.4 is 0 Å². The summed E-state index contributed by atoms with van der Waals surface area (Å²) in [5.74, 6) is 0.740. The lowest BCUT2D eigenvalue weighted by atomic mass is 10.0. The highest BCUT2D eigenvalue weighted by Gasteiger charge is 2.27. The van der Waals surface area contributed by atoms with Gasteiger partial charge in [0, 0.05) is 23.0 Å². The van der Waals surface area contributed by atoms with Crippen molar-refractivity contribution < 1.29 is 9.53 Å². The van der Waals surface area contributed by atoms with Gasteiger partial charge in [-0.25, -0.2) is 4.99 Å². The molecule has 0 saturated carbocycles. The molecule has 4 nitrogen and oxygen atoms in total. The first-order valence-corrected chi connectivity index (χ1v) is 9.33. The van der Waals surface area contributed by atoms with E-state index in [0.29, 0.717) is 6.61 Å². The van der Waals surface area contributed by atoms with Crippen molar-refractivity contribution in [3.8, 4) is 0 Å². The Hall–Kier alpha value is -2.88. The van der Waals surface area contributed by atoms with Gasteiger partial charge in [0.15, 0.2) is 6.29 Å². The van der Waals surface area contributed by atoms with Crippen LogP contribution in [0.2, 0.25) is 0 Å². The number of aromatic nitrogens is 1. The number of ether oxygens (including phenoxy) is 1. The summed E-state index contributed by atoms with van der Waals surface area (Å²) in [4.78, 5) is 16.1. The highest BCUT2D eigenvalue weighted by atomic mass is 16.5. The maximum absolute atomic E-state index is 11.5. The van der Waals surface area contributed by atoms with Crippen LogP contribution in [0.1, 0.15) is 41.0 Å². The smallest absolute Gasteiger partial charge is 0.217 e. The molecule has 0 radical (unpaired) electrons. The van der Waals surface area contributed by atoms with E-state index < -0.39 is 0 Å². The first kappa shape index (κ1) is 17.5. The van der Waals surface area contributed by atoms with Gasteiger partial charge < -0.3 is 9.30 Å². The van der Waals surface area contributed by atoms with E-state index in [0.717, 1.165) is 52.9 Å². The summed E-state index contributed by atoms with van der Waals surface area (Å²) < 4.78 is 7.87. The van der Waals surface area contributed by atoms with E-state index in [9.17, 15) is 4.79 Å². The van der Waals surface area contributed by atoms with E-state index >= 15 is 0 Å². The van der Waals surface area contributed by atoms with Crippen molar-refractivity contribution in [3.63, 3.8) is 0 Å². The molecule has 0 unspecified atom stereocenters. The minimum absolute atomic E-state index is 0.152. The monoisotopic (exact) mass is 360 g/mol. The molecule has 138 valence electrons. The van der Waals surface area contributed by atoms with Gasteiger partial charge in [-0.15, -0.1) is 0 Å². The molecule has 0 N–H and O–H groups in total. The highest BCUT2D eigenvalue weighted by Crippen LogP contribution is 2.24. The van der Waals surface area contributed by atoms with Crippen LogP contribution in [-0.2, 0) is 17.7 Å². The van der Waals surface area contributed by atoms with Gasteiger partial charge in [-0.1, -0.05) is 30.3 Å². The van der Waals surface area contributed by atoms with Gasteiger partial charge >= 0.3 is 0 Å². The molecule has 4 rings (SSSR count). The third kappa shape index (κ3) is 3.39. The quantitative estimate of drug-likeness (QED) is 0.626. The van der Waals surface area contributed by atoms with Crippen molar-refractivity contribution in [1.29, 1.82) is 0 Å². The number of aliphatic imine (C=N–C) groups is 1. The standard InChI is InChI=1S/C23H24N2O2/c1-16-12-17(8-9-20(16)22-24-23(2,3)15-27-22)10-11-25-19(14-26)13-18-6-4-5-7-21(18)25/h4-9,12-14H,10-11,15H2,1-3H3. The van der Waals surface area contributed by atoms with E-state index in [1.165, 1.54) is 5.56 Å². The molecule has 2 heterocycles. The topological polar surface area (TPSA) is 43.6 Å². The Labute approximate surface area is 159 Å². The van der Waals surface area contributed by atoms with Gasteiger partial charge in [-0.3, -0.25) is 4.79 Å². The van der Waals surface area contributed by atoms with Crippen LogP contribution in [0.15, 0.2) is 53.5 Å². The first-order valence-electron chi connectivity index (χ1n) is 9.33. The van der Waals surface area contributed by atoms with E-state index in [2.05, 4.69) is 54.6 Å². The Morgan fingerprint density at radius 1 is 1.19 bits per heavy atom. The highest BCUT2D eigenvalue weighted by molar-refractivity contribution is 5.96.